The summed E-state index contributed by atoms with van der Waals surface area (Å²) in [5.41, 5.74) is 3.33. The average Bonchev–Trinajstić information content (AvgIpc) is 3.12. The summed E-state index contributed by atoms with van der Waals surface area (Å²) in [5, 5.41) is 10.9. The Hall–Kier alpha value is -2.62. The summed E-state index contributed by atoms with van der Waals surface area (Å²) in [5.74, 6) is -0.351. The van der Waals surface area contributed by atoms with Crippen molar-refractivity contribution in [2.45, 2.75) is 25.2 Å². The van der Waals surface area contributed by atoms with Crippen molar-refractivity contribution in [1.29, 1.82) is 0 Å². The molecule has 0 spiro atoms. The van der Waals surface area contributed by atoms with Crippen molar-refractivity contribution >= 4 is 27.3 Å². The van der Waals surface area contributed by atoms with E-state index in [-0.39, 0.29) is 16.4 Å². The number of pyridine rings is 1. The lowest BCUT2D eigenvalue weighted by Gasteiger charge is -2.11. The van der Waals surface area contributed by atoms with Gasteiger partial charge in [-0.3, -0.25) is 9.78 Å². The van der Waals surface area contributed by atoms with Crippen LogP contribution in [0.15, 0.2) is 46.9 Å². The standard InChI is InChI=1S/C19H20N4O3S2/c1-12-8-15(9-17(13(12)2)28(20,25)26)18(24)22-7-5-16-11-27-19(23-16)14-4-3-6-21-10-14/h3-4,6,8-11H,5,7H2,1-2H3,(H,22,24)(H2,20,25,26). The first kappa shape index (κ1) is 20.1. The summed E-state index contributed by atoms with van der Waals surface area (Å²) in [4.78, 5) is 21.0. The summed E-state index contributed by atoms with van der Waals surface area (Å²) in [6, 6.07) is 6.77. The highest BCUT2D eigenvalue weighted by Crippen LogP contribution is 2.23. The van der Waals surface area contributed by atoms with E-state index in [1.54, 1.807) is 32.3 Å². The smallest absolute Gasteiger partial charge is 0.251 e. The molecule has 0 aliphatic carbocycles. The van der Waals surface area contributed by atoms with Gasteiger partial charge in [0.15, 0.2) is 0 Å². The highest BCUT2D eigenvalue weighted by Gasteiger charge is 2.17. The molecule has 0 unspecified atom stereocenters. The van der Waals surface area contributed by atoms with Crippen LogP contribution in [0.2, 0.25) is 0 Å². The number of aromatic nitrogens is 2. The lowest BCUT2D eigenvalue weighted by molar-refractivity contribution is 0.0954. The van der Waals surface area contributed by atoms with Crippen molar-refractivity contribution in [2.24, 2.45) is 5.14 Å². The van der Waals surface area contributed by atoms with Crippen LogP contribution in [0, 0.1) is 13.8 Å². The molecule has 0 aliphatic rings. The van der Waals surface area contributed by atoms with Crippen LogP contribution >= 0.6 is 11.3 Å². The highest BCUT2D eigenvalue weighted by atomic mass is 32.2. The molecule has 1 aromatic carbocycles. The van der Waals surface area contributed by atoms with Crippen LogP contribution < -0.4 is 10.5 Å². The number of nitrogens with zero attached hydrogens (tertiary/aromatic N) is 2. The third-order valence-electron chi connectivity index (χ3n) is 4.32. The minimum absolute atomic E-state index is 0.0294. The quantitative estimate of drug-likeness (QED) is 0.640. The molecule has 0 radical (unpaired) electrons. The van der Waals surface area contributed by atoms with E-state index in [1.807, 2.05) is 17.5 Å². The second-order valence-electron chi connectivity index (χ2n) is 6.35. The molecule has 1 amide bonds. The van der Waals surface area contributed by atoms with Gasteiger partial charge in [-0.1, -0.05) is 0 Å². The van der Waals surface area contributed by atoms with Crippen LogP contribution in [0.25, 0.3) is 10.6 Å². The molecular weight excluding hydrogens is 396 g/mol. The molecule has 0 aliphatic heterocycles. The zero-order valence-corrected chi connectivity index (χ0v) is 17.1. The minimum atomic E-state index is -3.89. The monoisotopic (exact) mass is 416 g/mol. The number of hydrogen-bond donors (Lipinski definition) is 2. The molecule has 2 aromatic heterocycles. The predicted molar refractivity (Wildman–Crippen MR) is 109 cm³/mol. The second-order valence-corrected chi connectivity index (χ2v) is 8.74. The van der Waals surface area contributed by atoms with Gasteiger partial charge in [-0.15, -0.1) is 11.3 Å². The van der Waals surface area contributed by atoms with Crippen LogP contribution in [0.3, 0.4) is 0 Å². The summed E-state index contributed by atoms with van der Waals surface area (Å²) >= 11 is 1.52. The maximum absolute atomic E-state index is 12.4. The highest BCUT2D eigenvalue weighted by molar-refractivity contribution is 7.89. The lowest BCUT2D eigenvalue weighted by Crippen LogP contribution is -2.26. The first-order valence-electron chi connectivity index (χ1n) is 8.53. The van der Waals surface area contributed by atoms with E-state index in [0.29, 0.717) is 24.1 Å². The summed E-state index contributed by atoms with van der Waals surface area (Å²) in [6.07, 6.45) is 4.03. The Bertz CT molecular complexity index is 1110. The van der Waals surface area contributed by atoms with E-state index in [4.69, 9.17) is 5.14 Å². The Morgan fingerprint density at radius 1 is 1.29 bits per heavy atom. The Morgan fingerprint density at radius 2 is 2.07 bits per heavy atom. The number of carbonyl (C=O) groups is 1. The SMILES string of the molecule is Cc1cc(C(=O)NCCc2csc(-c3cccnc3)n2)cc(S(N)(=O)=O)c1C. The molecule has 146 valence electrons. The van der Waals surface area contributed by atoms with E-state index in [1.165, 1.54) is 17.4 Å². The van der Waals surface area contributed by atoms with Crippen molar-refractivity contribution in [3.05, 3.63) is 64.4 Å². The van der Waals surface area contributed by atoms with Crippen LogP contribution in [-0.2, 0) is 16.4 Å². The zero-order chi connectivity index (χ0) is 20.3. The number of sulfonamides is 1. The van der Waals surface area contributed by atoms with Gasteiger partial charge in [0.2, 0.25) is 10.0 Å². The number of nitrogens with two attached hydrogens (primary N) is 1. The number of rotatable bonds is 6. The molecule has 0 bridgehead atoms. The maximum atomic E-state index is 12.4. The molecule has 2 heterocycles. The van der Waals surface area contributed by atoms with E-state index in [2.05, 4.69) is 15.3 Å². The molecule has 3 aromatic rings. The molecule has 28 heavy (non-hydrogen) atoms. The van der Waals surface area contributed by atoms with Crippen molar-refractivity contribution in [3.8, 4) is 10.6 Å². The molecule has 0 saturated carbocycles. The Morgan fingerprint density at radius 3 is 2.75 bits per heavy atom. The molecular formula is C19H20N4O3S2. The van der Waals surface area contributed by atoms with Crippen LogP contribution in [0.5, 0.6) is 0 Å². The van der Waals surface area contributed by atoms with Gasteiger partial charge in [0.05, 0.1) is 10.6 Å². The minimum Gasteiger partial charge on any atom is -0.352 e. The van der Waals surface area contributed by atoms with Gasteiger partial charge in [-0.05, 0) is 49.2 Å². The Labute approximate surface area is 167 Å². The predicted octanol–water partition coefficient (Wildman–Crippen LogP) is 2.44. The number of aryl methyl sites for hydroxylation is 1. The van der Waals surface area contributed by atoms with Gasteiger partial charge < -0.3 is 5.32 Å². The fraction of sp³-hybridized carbons (Fsp3) is 0.211. The van der Waals surface area contributed by atoms with Crippen molar-refractivity contribution in [1.82, 2.24) is 15.3 Å². The number of carbonyl (C=O) groups excluding carboxylic acids is 1. The first-order chi connectivity index (χ1) is 13.3. The normalized spacial score (nSPS) is 11.4. The van der Waals surface area contributed by atoms with E-state index < -0.39 is 10.0 Å². The number of nitrogens with one attached hydrogen (secondary N) is 1. The molecule has 0 fully saturated rings. The largest absolute Gasteiger partial charge is 0.352 e. The first-order valence-corrected chi connectivity index (χ1v) is 11.0. The Balaban J connectivity index is 1.65. The summed E-state index contributed by atoms with van der Waals surface area (Å²) < 4.78 is 23.5. The second kappa shape index (κ2) is 8.17. The maximum Gasteiger partial charge on any atom is 0.251 e. The van der Waals surface area contributed by atoms with Gasteiger partial charge in [-0.2, -0.15) is 0 Å². The van der Waals surface area contributed by atoms with E-state index in [9.17, 15) is 13.2 Å². The number of hydrogen-bond acceptors (Lipinski definition) is 6. The topological polar surface area (TPSA) is 115 Å². The summed E-state index contributed by atoms with van der Waals surface area (Å²) in [7, 11) is -3.89. The third-order valence-corrected chi connectivity index (χ3v) is 6.29. The lowest BCUT2D eigenvalue weighted by atomic mass is 10.1. The average molecular weight is 417 g/mol. The van der Waals surface area contributed by atoms with Crippen LogP contribution in [0.4, 0.5) is 0 Å². The van der Waals surface area contributed by atoms with Gasteiger partial charge >= 0.3 is 0 Å². The Kier molecular flexibility index (Phi) is 5.87. The number of primary sulfonamides is 1. The van der Waals surface area contributed by atoms with Crippen LogP contribution in [0.1, 0.15) is 27.2 Å². The van der Waals surface area contributed by atoms with Gasteiger partial charge in [0.1, 0.15) is 5.01 Å². The number of benzene rings is 1. The number of amides is 1. The van der Waals surface area contributed by atoms with E-state index >= 15 is 0 Å². The van der Waals surface area contributed by atoms with Crippen molar-refractivity contribution in [2.75, 3.05) is 6.54 Å². The van der Waals surface area contributed by atoms with Gasteiger partial charge in [-0.25, -0.2) is 18.5 Å². The van der Waals surface area contributed by atoms with Gasteiger partial charge in [0.25, 0.3) is 5.91 Å². The fourth-order valence-corrected chi connectivity index (χ4v) is 4.43. The van der Waals surface area contributed by atoms with E-state index in [0.717, 1.165) is 16.3 Å². The zero-order valence-electron chi connectivity index (χ0n) is 15.5. The molecule has 9 heteroatoms. The number of thiazole rings is 1. The van der Waals surface area contributed by atoms with Crippen LogP contribution in [-0.4, -0.2) is 30.8 Å². The molecule has 0 atom stereocenters. The third kappa shape index (κ3) is 4.61. The molecule has 3 rings (SSSR count). The molecule has 3 N–H and O–H groups in total. The fourth-order valence-electron chi connectivity index (χ4n) is 2.70. The van der Waals surface area contributed by atoms with Crippen molar-refractivity contribution in [3.63, 3.8) is 0 Å². The van der Waals surface area contributed by atoms with Crippen molar-refractivity contribution < 1.29 is 13.2 Å². The van der Waals surface area contributed by atoms with Gasteiger partial charge in [0, 0.05) is 41.9 Å². The molecule has 0 saturated heterocycles. The molecule has 7 nitrogen and oxygen atoms in total. The summed E-state index contributed by atoms with van der Waals surface area (Å²) in [6.45, 7) is 3.79.